The molecule has 2 aromatic rings. The third kappa shape index (κ3) is 1.66. The molecule has 1 aliphatic heterocycles. The van der Waals surface area contributed by atoms with Gasteiger partial charge in [-0.25, -0.2) is 4.98 Å². The number of nitrogens with zero attached hydrogens (tertiary/aromatic N) is 2. The number of aromatic nitrogens is 2. The Hall–Kier alpha value is -1.94. The molecule has 1 aromatic heterocycles. The smallest absolute Gasteiger partial charge is 0.211 e. The lowest BCUT2D eigenvalue weighted by molar-refractivity contribution is 0.103. The standard InChI is InChI=1S/C14H15N3O/c1-9-16-8-13(17(9)2)14(18)10-3-4-11-6-15-7-12(11)5-10/h3-5,8,15H,6-7H2,1-2H3. The summed E-state index contributed by atoms with van der Waals surface area (Å²) in [7, 11) is 1.87. The number of hydrogen-bond donors (Lipinski definition) is 1. The highest BCUT2D eigenvalue weighted by molar-refractivity contribution is 6.08. The van der Waals surface area contributed by atoms with Crippen LogP contribution in [0.1, 0.15) is 33.0 Å². The van der Waals surface area contributed by atoms with E-state index in [9.17, 15) is 4.79 Å². The molecular formula is C14H15N3O. The molecule has 0 unspecified atom stereocenters. The normalized spacial score (nSPS) is 13.7. The fourth-order valence-electron chi connectivity index (χ4n) is 2.30. The van der Waals surface area contributed by atoms with Crippen molar-refractivity contribution in [3.05, 3.63) is 52.6 Å². The first-order valence-corrected chi connectivity index (χ1v) is 6.02. The molecule has 0 saturated carbocycles. The number of imidazole rings is 1. The molecule has 0 bridgehead atoms. The number of carbonyl (C=O) groups excluding carboxylic acids is 1. The van der Waals surface area contributed by atoms with Crippen molar-refractivity contribution < 1.29 is 4.79 Å². The molecular weight excluding hydrogens is 226 g/mol. The number of fused-ring (bicyclic) bond motifs is 1. The predicted molar refractivity (Wildman–Crippen MR) is 68.4 cm³/mol. The van der Waals surface area contributed by atoms with E-state index < -0.39 is 0 Å². The van der Waals surface area contributed by atoms with E-state index in [0.29, 0.717) is 5.69 Å². The van der Waals surface area contributed by atoms with Crippen molar-refractivity contribution in [3.8, 4) is 0 Å². The van der Waals surface area contributed by atoms with Crippen LogP contribution < -0.4 is 5.32 Å². The van der Waals surface area contributed by atoms with E-state index in [2.05, 4.69) is 10.3 Å². The minimum atomic E-state index is 0.0350. The average molecular weight is 241 g/mol. The van der Waals surface area contributed by atoms with Gasteiger partial charge in [-0.15, -0.1) is 0 Å². The second kappa shape index (κ2) is 4.07. The van der Waals surface area contributed by atoms with Crippen molar-refractivity contribution >= 4 is 5.78 Å². The molecule has 0 fully saturated rings. The van der Waals surface area contributed by atoms with Gasteiger partial charge in [0, 0.05) is 25.7 Å². The van der Waals surface area contributed by atoms with E-state index in [1.165, 1.54) is 11.1 Å². The zero-order valence-electron chi connectivity index (χ0n) is 10.5. The topological polar surface area (TPSA) is 46.9 Å². The maximum atomic E-state index is 12.4. The Morgan fingerprint density at radius 1 is 1.33 bits per heavy atom. The maximum Gasteiger partial charge on any atom is 0.211 e. The van der Waals surface area contributed by atoms with Gasteiger partial charge in [0.25, 0.3) is 0 Å². The summed E-state index contributed by atoms with van der Waals surface area (Å²) in [6, 6.07) is 5.92. The zero-order chi connectivity index (χ0) is 12.7. The fraction of sp³-hybridized carbons (Fsp3) is 0.286. The van der Waals surface area contributed by atoms with Crippen molar-refractivity contribution in [2.45, 2.75) is 20.0 Å². The Morgan fingerprint density at radius 2 is 2.11 bits per heavy atom. The van der Waals surface area contributed by atoms with Gasteiger partial charge in [0.2, 0.25) is 5.78 Å². The van der Waals surface area contributed by atoms with Crippen molar-refractivity contribution in [1.29, 1.82) is 0 Å². The van der Waals surface area contributed by atoms with Crippen LogP contribution in [0.15, 0.2) is 24.4 Å². The van der Waals surface area contributed by atoms with Crippen molar-refractivity contribution in [2.24, 2.45) is 7.05 Å². The van der Waals surface area contributed by atoms with E-state index in [0.717, 1.165) is 24.5 Å². The number of hydrogen-bond acceptors (Lipinski definition) is 3. The number of nitrogens with one attached hydrogen (secondary N) is 1. The summed E-state index contributed by atoms with van der Waals surface area (Å²) in [6.07, 6.45) is 1.64. The Kier molecular flexibility index (Phi) is 2.52. The van der Waals surface area contributed by atoms with Crippen LogP contribution in [0.25, 0.3) is 0 Å². The number of benzene rings is 1. The Labute approximate surface area is 106 Å². The number of ketones is 1. The summed E-state index contributed by atoms with van der Waals surface area (Å²) in [5, 5.41) is 3.28. The van der Waals surface area contributed by atoms with Crippen LogP contribution in [0.5, 0.6) is 0 Å². The van der Waals surface area contributed by atoms with Crippen LogP contribution in [-0.4, -0.2) is 15.3 Å². The molecule has 0 amide bonds. The van der Waals surface area contributed by atoms with Crippen LogP contribution >= 0.6 is 0 Å². The minimum Gasteiger partial charge on any atom is -0.329 e. The lowest BCUT2D eigenvalue weighted by atomic mass is 10.0. The van der Waals surface area contributed by atoms with Gasteiger partial charge < -0.3 is 9.88 Å². The first-order chi connectivity index (χ1) is 8.66. The van der Waals surface area contributed by atoms with Crippen molar-refractivity contribution in [1.82, 2.24) is 14.9 Å². The van der Waals surface area contributed by atoms with Gasteiger partial charge in [-0.3, -0.25) is 4.79 Å². The lowest BCUT2D eigenvalue weighted by Gasteiger charge is -2.05. The Bertz CT molecular complexity index is 628. The van der Waals surface area contributed by atoms with Crippen LogP contribution in [0.4, 0.5) is 0 Å². The van der Waals surface area contributed by atoms with E-state index in [4.69, 9.17) is 0 Å². The van der Waals surface area contributed by atoms with E-state index in [-0.39, 0.29) is 5.78 Å². The first kappa shape index (κ1) is 11.2. The van der Waals surface area contributed by atoms with Gasteiger partial charge in [-0.2, -0.15) is 0 Å². The van der Waals surface area contributed by atoms with Gasteiger partial charge in [0.1, 0.15) is 11.5 Å². The maximum absolute atomic E-state index is 12.4. The monoisotopic (exact) mass is 241 g/mol. The van der Waals surface area contributed by atoms with Gasteiger partial charge in [-0.1, -0.05) is 12.1 Å². The summed E-state index contributed by atoms with van der Waals surface area (Å²) >= 11 is 0. The molecule has 2 heterocycles. The molecule has 92 valence electrons. The second-order valence-corrected chi connectivity index (χ2v) is 4.67. The summed E-state index contributed by atoms with van der Waals surface area (Å²) in [6.45, 7) is 3.64. The SMILES string of the molecule is Cc1ncc(C(=O)c2ccc3c(c2)CNC3)n1C. The molecule has 0 saturated heterocycles. The van der Waals surface area contributed by atoms with Crippen molar-refractivity contribution in [2.75, 3.05) is 0 Å². The molecule has 4 heteroatoms. The summed E-state index contributed by atoms with van der Waals surface area (Å²) in [5.41, 5.74) is 3.88. The molecule has 1 aromatic carbocycles. The molecule has 0 aliphatic carbocycles. The van der Waals surface area contributed by atoms with Gasteiger partial charge in [0.05, 0.1) is 6.20 Å². The molecule has 0 radical (unpaired) electrons. The molecule has 0 atom stereocenters. The molecule has 3 rings (SSSR count). The quantitative estimate of drug-likeness (QED) is 0.812. The molecule has 18 heavy (non-hydrogen) atoms. The van der Waals surface area contributed by atoms with E-state index in [1.807, 2.05) is 36.7 Å². The predicted octanol–water partition coefficient (Wildman–Crippen LogP) is 1.56. The zero-order valence-corrected chi connectivity index (χ0v) is 10.5. The summed E-state index contributed by atoms with van der Waals surface area (Å²) in [4.78, 5) is 16.6. The number of aryl methyl sites for hydroxylation is 1. The first-order valence-electron chi connectivity index (χ1n) is 6.02. The summed E-state index contributed by atoms with van der Waals surface area (Å²) < 4.78 is 1.83. The lowest BCUT2D eigenvalue weighted by Crippen LogP contribution is -2.08. The van der Waals surface area contributed by atoms with Crippen molar-refractivity contribution in [3.63, 3.8) is 0 Å². The van der Waals surface area contributed by atoms with Crippen LogP contribution in [0, 0.1) is 6.92 Å². The number of rotatable bonds is 2. The minimum absolute atomic E-state index is 0.0350. The molecule has 1 aliphatic rings. The van der Waals surface area contributed by atoms with Gasteiger partial charge >= 0.3 is 0 Å². The van der Waals surface area contributed by atoms with E-state index >= 15 is 0 Å². The Morgan fingerprint density at radius 3 is 2.83 bits per heavy atom. The largest absolute Gasteiger partial charge is 0.329 e. The fourth-order valence-corrected chi connectivity index (χ4v) is 2.30. The Balaban J connectivity index is 2.00. The molecule has 1 N–H and O–H groups in total. The number of carbonyl (C=O) groups is 1. The highest BCUT2D eigenvalue weighted by atomic mass is 16.1. The van der Waals surface area contributed by atoms with Crippen LogP contribution in [0.3, 0.4) is 0 Å². The highest BCUT2D eigenvalue weighted by Crippen LogP contribution is 2.19. The van der Waals surface area contributed by atoms with Gasteiger partial charge in [0.15, 0.2) is 0 Å². The van der Waals surface area contributed by atoms with Gasteiger partial charge in [-0.05, 0) is 24.1 Å². The second-order valence-electron chi connectivity index (χ2n) is 4.67. The molecule has 4 nitrogen and oxygen atoms in total. The van der Waals surface area contributed by atoms with Crippen LogP contribution in [-0.2, 0) is 20.1 Å². The highest BCUT2D eigenvalue weighted by Gasteiger charge is 2.17. The average Bonchev–Trinajstić information content (AvgIpc) is 2.96. The summed E-state index contributed by atoms with van der Waals surface area (Å²) in [5.74, 6) is 0.883. The van der Waals surface area contributed by atoms with Crippen LogP contribution in [0.2, 0.25) is 0 Å². The molecule has 0 spiro atoms. The third-order valence-corrected chi connectivity index (χ3v) is 3.55. The van der Waals surface area contributed by atoms with E-state index in [1.54, 1.807) is 6.20 Å². The third-order valence-electron chi connectivity index (χ3n) is 3.55.